The third kappa shape index (κ3) is 4.91. The first-order chi connectivity index (χ1) is 14.2. The first-order valence-corrected chi connectivity index (χ1v) is 10.4. The third-order valence-electron chi connectivity index (χ3n) is 4.96. The molecule has 0 fully saturated rings. The minimum Gasteiger partial charge on any atom is -0.490 e. The second-order valence-corrected chi connectivity index (χ2v) is 7.75. The predicted octanol–water partition coefficient (Wildman–Crippen LogP) is 4.51. The lowest BCUT2D eigenvalue weighted by Crippen LogP contribution is -2.47. The summed E-state index contributed by atoms with van der Waals surface area (Å²) < 4.78 is 11.6. The van der Waals surface area contributed by atoms with Crippen LogP contribution in [0.5, 0.6) is 11.5 Å². The van der Waals surface area contributed by atoms with Crippen molar-refractivity contribution in [1.29, 1.82) is 5.26 Å². The first-order valence-electron chi connectivity index (χ1n) is 10.4. The van der Waals surface area contributed by atoms with E-state index in [0.29, 0.717) is 48.2 Å². The molecule has 1 aromatic carbocycles. The zero-order chi connectivity index (χ0) is 22.4. The highest BCUT2D eigenvalue weighted by Crippen LogP contribution is 2.33. The van der Waals surface area contributed by atoms with Gasteiger partial charge in [0.1, 0.15) is 11.6 Å². The quantitative estimate of drug-likeness (QED) is 0.465. The molecule has 6 heteroatoms. The fraction of sp³-hybridized carbons (Fsp3) is 0.458. The molecule has 1 aromatic rings. The Morgan fingerprint density at radius 2 is 1.80 bits per heavy atom. The Labute approximate surface area is 178 Å². The van der Waals surface area contributed by atoms with Crippen LogP contribution >= 0.6 is 0 Å². The van der Waals surface area contributed by atoms with Gasteiger partial charge in [-0.3, -0.25) is 14.5 Å². The number of hydrogen-bond acceptors (Lipinski definition) is 5. The van der Waals surface area contributed by atoms with Crippen molar-refractivity contribution in [1.82, 2.24) is 4.90 Å². The Balaban J connectivity index is 2.52. The average Bonchev–Trinajstić information content (AvgIpc) is 2.70. The van der Waals surface area contributed by atoms with E-state index >= 15 is 0 Å². The van der Waals surface area contributed by atoms with E-state index in [1.54, 1.807) is 19.9 Å². The molecular weight excluding hydrogens is 380 g/mol. The van der Waals surface area contributed by atoms with Crippen LogP contribution in [0, 0.1) is 17.2 Å². The van der Waals surface area contributed by atoms with Gasteiger partial charge in [0, 0.05) is 11.6 Å². The van der Waals surface area contributed by atoms with Crippen LogP contribution in [-0.2, 0) is 9.59 Å². The van der Waals surface area contributed by atoms with Gasteiger partial charge in [0.25, 0.3) is 11.8 Å². The van der Waals surface area contributed by atoms with Gasteiger partial charge < -0.3 is 9.47 Å². The van der Waals surface area contributed by atoms with Gasteiger partial charge in [-0.25, -0.2) is 0 Å². The smallest absolute Gasteiger partial charge is 0.271 e. The number of nitriles is 1. The summed E-state index contributed by atoms with van der Waals surface area (Å²) in [7, 11) is 0. The maximum Gasteiger partial charge on any atom is 0.271 e. The first kappa shape index (κ1) is 23.2. The highest BCUT2D eigenvalue weighted by molar-refractivity contribution is 6.19. The summed E-state index contributed by atoms with van der Waals surface area (Å²) >= 11 is 0. The van der Waals surface area contributed by atoms with E-state index in [2.05, 4.69) is 13.8 Å². The summed E-state index contributed by atoms with van der Waals surface area (Å²) in [6.07, 6.45) is 2.31. The van der Waals surface area contributed by atoms with Gasteiger partial charge in [0.2, 0.25) is 0 Å². The topological polar surface area (TPSA) is 79.6 Å². The standard InChI is InChI=1S/C24H30N2O4/c1-7-16(5)26-23(27)19(17(6)20(13-25)24(26)28)11-18-9-10-21(30-14-15(3)4)22(12-18)29-8-2/h9-12,15-16H,7-8,14H2,1-6H3/b19-11+. The van der Waals surface area contributed by atoms with E-state index < -0.39 is 5.91 Å². The van der Waals surface area contributed by atoms with Crippen LogP contribution in [0.4, 0.5) is 0 Å². The maximum absolute atomic E-state index is 13.1. The Bertz CT molecular complexity index is 922. The van der Waals surface area contributed by atoms with Gasteiger partial charge in [-0.05, 0) is 62.5 Å². The molecular formula is C24H30N2O4. The average molecular weight is 411 g/mol. The monoisotopic (exact) mass is 410 g/mol. The number of carbonyl (C=O) groups excluding carboxylic acids is 2. The van der Waals surface area contributed by atoms with E-state index in [0.717, 1.165) is 5.56 Å². The summed E-state index contributed by atoms with van der Waals surface area (Å²) in [6.45, 7) is 12.4. The van der Waals surface area contributed by atoms with E-state index in [1.165, 1.54) is 4.90 Å². The van der Waals surface area contributed by atoms with Crippen LogP contribution in [-0.4, -0.2) is 36.0 Å². The molecule has 0 bridgehead atoms. The number of imide groups is 1. The van der Waals surface area contributed by atoms with E-state index in [1.807, 2.05) is 38.1 Å². The number of hydrogen-bond donors (Lipinski definition) is 0. The number of nitrogens with zero attached hydrogens (tertiary/aromatic N) is 2. The Kier molecular flexibility index (Phi) is 7.82. The molecule has 0 radical (unpaired) electrons. The fourth-order valence-corrected chi connectivity index (χ4v) is 3.11. The summed E-state index contributed by atoms with van der Waals surface area (Å²) in [6, 6.07) is 7.13. The van der Waals surface area contributed by atoms with Crippen molar-refractivity contribution < 1.29 is 19.1 Å². The molecule has 1 atom stereocenters. The van der Waals surface area contributed by atoms with Crippen molar-refractivity contribution in [2.24, 2.45) is 5.92 Å². The van der Waals surface area contributed by atoms with E-state index in [4.69, 9.17) is 9.47 Å². The zero-order valence-electron chi connectivity index (χ0n) is 18.6. The predicted molar refractivity (Wildman–Crippen MR) is 116 cm³/mol. The summed E-state index contributed by atoms with van der Waals surface area (Å²) in [4.78, 5) is 26.9. The number of benzene rings is 1. The van der Waals surface area contributed by atoms with Crippen LogP contribution in [0.25, 0.3) is 6.08 Å². The van der Waals surface area contributed by atoms with Gasteiger partial charge in [-0.15, -0.1) is 0 Å². The van der Waals surface area contributed by atoms with Crippen LogP contribution in [0.15, 0.2) is 34.9 Å². The van der Waals surface area contributed by atoms with Gasteiger partial charge in [-0.1, -0.05) is 26.8 Å². The Hall–Kier alpha value is -3.07. The normalized spacial score (nSPS) is 16.9. The molecule has 160 valence electrons. The number of amides is 2. The molecule has 1 aliphatic heterocycles. The summed E-state index contributed by atoms with van der Waals surface area (Å²) in [5, 5.41) is 9.50. The van der Waals surface area contributed by atoms with Crippen LogP contribution in [0.2, 0.25) is 0 Å². The fourth-order valence-electron chi connectivity index (χ4n) is 3.11. The largest absolute Gasteiger partial charge is 0.490 e. The van der Waals surface area contributed by atoms with Crippen molar-refractivity contribution in [2.75, 3.05) is 13.2 Å². The second kappa shape index (κ2) is 10.1. The van der Waals surface area contributed by atoms with Gasteiger partial charge in [-0.2, -0.15) is 5.26 Å². The van der Waals surface area contributed by atoms with Crippen molar-refractivity contribution in [3.8, 4) is 17.6 Å². The molecule has 0 aromatic heterocycles. The lowest BCUT2D eigenvalue weighted by Gasteiger charge is -2.31. The van der Waals surface area contributed by atoms with E-state index in [-0.39, 0.29) is 17.5 Å². The maximum atomic E-state index is 13.1. The SMILES string of the molecule is CCOc1cc(/C=C2/C(=O)N(C(C)CC)C(=O)C(C#N)=C2C)ccc1OCC(C)C. The molecule has 1 aliphatic rings. The second-order valence-electron chi connectivity index (χ2n) is 7.75. The number of rotatable bonds is 8. The minimum atomic E-state index is -0.529. The molecule has 0 saturated carbocycles. The van der Waals surface area contributed by atoms with Crippen LogP contribution < -0.4 is 9.47 Å². The lowest BCUT2D eigenvalue weighted by molar-refractivity contribution is -0.142. The molecule has 2 rings (SSSR count). The third-order valence-corrected chi connectivity index (χ3v) is 4.96. The highest BCUT2D eigenvalue weighted by atomic mass is 16.5. The molecule has 0 N–H and O–H groups in total. The molecule has 0 spiro atoms. The molecule has 30 heavy (non-hydrogen) atoms. The molecule has 0 aliphatic carbocycles. The lowest BCUT2D eigenvalue weighted by atomic mass is 9.92. The van der Waals surface area contributed by atoms with Crippen molar-refractivity contribution in [2.45, 2.75) is 54.0 Å². The highest BCUT2D eigenvalue weighted by Gasteiger charge is 2.37. The number of ether oxygens (including phenoxy) is 2. The zero-order valence-corrected chi connectivity index (χ0v) is 18.6. The molecule has 1 unspecified atom stereocenters. The van der Waals surface area contributed by atoms with Gasteiger partial charge in [0.15, 0.2) is 11.5 Å². The van der Waals surface area contributed by atoms with E-state index in [9.17, 15) is 14.9 Å². The summed E-state index contributed by atoms with van der Waals surface area (Å²) in [5.74, 6) is 0.696. The van der Waals surface area contributed by atoms with Crippen molar-refractivity contribution in [3.05, 3.63) is 40.5 Å². The van der Waals surface area contributed by atoms with Gasteiger partial charge in [0.05, 0.1) is 13.2 Å². The summed E-state index contributed by atoms with van der Waals surface area (Å²) in [5.41, 5.74) is 1.46. The number of carbonyl (C=O) groups is 2. The molecule has 2 amide bonds. The van der Waals surface area contributed by atoms with Gasteiger partial charge >= 0.3 is 0 Å². The Morgan fingerprint density at radius 1 is 1.10 bits per heavy atom. The van der Waals surface area contributed by atoms with Crippen molar-refractivity contribution >= 4 is 17.9 Å². The molecule has 0 saturated heterocycles. The Morgan fingerprint density at radius 3 is 2.37 bits per heavy atom. The minimum absolute atomic E-state index is 0.00284. The van der Waals surface area contributed by atoms with Crippen LogP contribution in [0.3, 0.4) is 0 Å². The molecule has 1 heterocycles. The van der Waals surface area contributed by atoms with Crippen molar-refractivity contribution in [3.63, 3.8) is 0 Å². The van der Waals surface area contributed by atoms with Crippen LogP contribution in [0.1, 0.15) is 53.5 Å². The molecule has 6 nitrogen and oxygen atoms in total.